The van der Waals surface area contributed by atoms with Gasteiger partial charge in [0.15, 0.2) is 0 Å². The van der Waals surface area contributed by atoms with Gasteiger partial charge in [0.1, 0.15) is 5.82 Å². The van der Waals surface area contributed by atoms with E-state index in [9.17, 15) is 8.78 Å². The predicted molar refractivity (Wildman–Crippen MR) is 67.5 cm³/mol. The normalized spacial score (nSPS) is 10.4. The van der Waals surface area contributed by atoms with E-state index in [4.69, 9.17) is 0 Å². The third-order valence-electron chi connectivity index (χ3n) is 2.75. The summed E-state index contributed by atoms with van der Waals surface area (Å²) in [6.07, 6.45) is 2.18. The number of halogens is 2. The van der Waals surface area contributed by atoms with Crippen molar-refractivity contribution < 1.29 is 8.78 Å². The SMILES string of the molecule is Cc1cc(F)ccc1CCNc1ccnc(F)c1. The van der Waals surface area contributed by atoms with Gasteiger partial charge in [-0.2, -0.15) is 4.39 Å². The molecule has 0 radical (unpaired) electrons. The van der Waals surface area contributed by atoms with Gasteiger partial charge in [-0.1, -0.05) is 6.07 Å². The highest BCUT2D eigenvalue weighted by Crippen LogP contribution is 2.12. The van der Waals surface area contributed by atoms with Gasteiger partial charge in [0.05, 0.1) is 0 Å². The van der Waals surface area contributed by atoms with Crippen LogP contribution in [0.4, 0.5) is 14.5 Å². The number of aromatic nitrogens is 1. The summed E-state index contributed by atoms with van der Waals surface area (Å²) >= 11 is 0. The van der Waals surface area contributed by atoms with Gasteiger partial charge in [-0.25, -0.2) is 9.37 Å². The van der Waals surface area contributed by atoms with Crippen molar-refractivity contribution in [3.05, 3.63) is 59.4 Å². The van der Waals surface area contributed by atoms with E-state index >= 15 is 0 Å². The summed E-state index contributed by atoms with van der Waals surface area (Å²) in [4.78, 5) is 3.48. The molecule has 2 aromatic rings. The van der Waals surface area contributed by atoms with Gasteiger partial charge in [0, 0.05) is 24.5 Å². The Labute approximate surface area is 105 Å². The summed E-state index contributed by atoms with van der Waals surface area (Å²) in [5, 5.41) is 3.10. The number of hydrogen-bond donors (Lipinski definition) is 1. The summed E-state index contributed by atoms with van der Waals surface area (Å²) < 4.78 is 25.7. The summed E-state index contributed by atoms with van der Waals surface area (Å²) in [7, 11) is 0. The maximum absolute atomic E-state index is 12.9. The fraction of sp³-hybridized carbons (Fsp3) is 0.214. The number of pyridine rings is 1. The first kappa shape index (κ1) is 12.5. The highest BCUT2D eigenvalue weighted by Gasteiger charge is 2.00. The van der Waals surface area contributed by atoms with Crippen LogP contribution in [0.3, 0.4) is 0 Å². The molecule has 0 saturated carbocycles. The predicted octanol–water partition coefficient (Wildman–Crippen LogP) is 3.32. The maximum Gasteiger partial charge on any atom is 0.214 e. The van der Waals surface area contributed by atoms with Crippen LogP contribution in [0.2, 0.25) is 0 Å². The van der Waals surface area contributed by atoms with E-state index in [-0.39, 0.29) is 5.82 Å². The van der Waals surface area contributed by atoms with E-state index in [1.54, 1.807) is 12.1 Å². The lowest BCUT2D eigenvalue weighted by Gasteiger charge is -2.08. The van der Waals surface area contributed by atoms with Gasteiger partial charge in [-0.15, -0.1) is 0 Å². The molecule has 2 nitrogen and oxygen atoms in total. The van der Waals surface area contributed by atoms with Crippen LogP contribution in [0.15, 0.2) is 36.5 Å². The molecule has 0 aliphatic carbocycles. The van der Waals surface area contributed by atoms with Crippen LogP contribution in [0, 0.1) is 18.7 Å². The van der Waals surface area contributed by atoms with Crippen LogP contribution >= 0.6 is 0 Å². The summed E-state index contributed by atoms with van der Waals surface area (Å²) in [6.45, 7) is 2.54. The molecule has 18 heavy (non-hydrogen) atoms. The lowest BCUT2D eigenvalue weighted by atomic mass is 10.1. The average Bonchev–Trinajstić information content (AvgIpc) is 2.32. The zero-order chi connectivity index (χ0) is 13.0. The fourth-order valence-electron chi connectivity index (χ4n) is 1.79. The number of hydrogen-bond acceptors (Lipinski definition) is 2. The monoisotopic (exact) mass is 248 g/mol. The Balaban J connectivity index is 1.92. The minimum atomic E-state index is -0.502. The molecule has 0 spiro atoms. The van der Waals surface area contributed by atoms with Crippen LogP contribution in [0.25, 0.3) is 0 Å². The van der Waals surface area contributed by atoms with Crippen LogP contribution < -0.4 is 5.32 Å². The van der Waals surface area contributed by atoms with E-state index in [0.717, 1.165) is 17.5 Å². The Hall–Kier alpha value is -1.97. The lowest BCUT2D eigenvalue weighted by molar-refractivity contribution is 0.584. The van der Waals surface area contributed by atoms with Gasteiger partial charge < -0.3 is 5.32 Å². The van der Waals surface area contributed by atoms with Gasteiger partial charge in [0.2, 0.25) is 5.95 Å². The molecular weight excluding hydrogens is 234 g/mol. The van der Waals surface area contributed by atoms with Crippen molar-refractivity contribution in [2.24, 2.45) is 0 Å². The minimum Gasteiger partial charge on any atom is -0.385 e. The fourth-order valence-corrected chi connectivity index (χ4v) is 1.79. The number of nitrogens with zero attached hydrogens (tertiary/aromatic N) is 1. The van der Waals surface area contributed by atoms with Crippen molar-refractivity contribution in [3.63, 3.8) is 0 Å². The molecule has 94 valence electrons. The zero-order valence-electron chi connectivity index (χ0n) is 10.1. The van der Waals surface area contributed by atoms with Crippen LogP contribution in [-0.2, 0) is 6.42 Å². The van der Waals surface area contributed by atoms with E-state index in [1.165, 1.54) is 24.4 Å². The molecular formula is C14H14F2N2. The number of nitrogens with one attached hydrogen (secondary N) is 1. The topological polar surface area (TPSA) is 24.9 Å². The largest absolute Gasteiger partial charge is 0.385 e. The van der Waals surface area contributed by atoms with Crippen molar-refractivity contribution in [1.82, 2.24) is 4.98 Å². The second-order valence-corrected chi connectivity index (χ2v) is 4.11. The smallest absolute Gasteiger partial charge is 0.214 e. The summed E-state index contributed by atoms with van der Waals surface area (Å²) in [6, 6.07) is 7.80. The molecule has 0 bridgehead atoms. The van der Waals surface area contributed by atoms with Crippen molar-refractivity contribution in [1.29, 1.82) is 0 Å². The van der Waals surface area contributed by atoms with Crippen LogP contribution in [-0.4, -0.2) is 11.5 Å². The maximum atomic E-state index is 12.9. The molecule has 1 heterocycles. The Morgan fingerprint density at radius 1 is 1.17 bits per heavy atom. The molecule has 1 N–H and O–H groups in total. The van der Waals surface area contributed by atoms with E-state index < -0.39 is 5.95 Å². The van der Waals surface area contributed by atoms with Gasteiger partial charge in [-0.05, 0) is 42.7 Å². The second kappa shape index (κ2) is 5.58. The van der Waals surface area contributed by atoms with Crippen molar-refractivity contribution in [2.45, 2.75) is 13.3 Å². The number of aryl methyl sites for hydroxylation is 1. The minimum absolute atomic E-state index is 0.222. The number of benzene rings is 1. The van der Waals surface area contributed by atoms with Crippen molar-refractivity contribution in [2.75, 3.05) is 11.9 Å². The lowest BCUT2D eigenvalue weighted by Crippen LogP contribution is -2.06. The highest BCUT2D eigenvalue weighted by atomic mass is 19.1. The quantitative estimate of drug-likeness (QED) is 0.839. The van der Waals surface area contributed by atoms with Crippen LogP contribution in [0.5, 0.6) is 0 Å². The van der Waals surface area contributed by atoms with Gasteiger partial charge >= 0.3 is 0 Å². The molecule has 1 aromatic carbocycles. The molecule has 4 heteroatoms. The first-order valence-electron chi connectivity index (χ1n) is 5.75. The Morgan fingerprint density at radius 3 is 2.72 bits per heavy atom. The molecule has 0 aliphatic rings. The van der Waals surface area contributed by atoms with E-state index in [2.05, 4.69) is 10.3 Å². The molecule has 0 saturated heterocycles. The Bertz CT molecular complexity index is 541. The second-order valence-electron chi connectivity index (χ2n) is 4.11. The number of rotatable bonds is 4. The van der Waals surface area contributed by atoms with Crippen molar-refractivity contribution >= 4 is 5.69 Å². The Kier molecular flexibility index (Phi) is 3.87. The third kappa shape index (κ3) is 3.26. The molecule has 0 atom stereocenters. The number of anilines is 1. The van der Waals surface area contributed by atoms with E-state index in [1.807, 2.05) is 6.92 Å². The Morgan fingerprint density at radius 2 is 2.00 bits per heavy atom. The summed E-state index contributed by atoms with van der Waals surface area (Å²) in [5.41, 5.74) is 2.71. The van der Waals surface area contributed by atoms with Crippen LogP contribution in [0.1, 0.15) is 11.1 Å². The first-order valence-corrected chi connectivity index (χ1v) is 5.75. The summed E-state index contributed by atoms with van der Waals surface area (Å²) in [5.74, 6) is -0.724. The standard InChI is InChI=1S/C14H14F2N2/c1-10-8-12(15)3-2-11(10)4-6-17-13-5-7-18-14(16)9-13/h2-3,5,7-9H,4,6H2,1H3,(H,17,18). The highest BCUT2D eigenvalue weighted by molar-refractivity contribution is 5.41. The molecule has 2 rings (SSSR count). The average molecular weight is 248 g/mol. The molecule has 0 amide bonds. The molecule has 0 unspecified atom stereocenters. The van der Waals surface area contributed by atoms with Crippen molar-refractivity contribution in [3.8, 4) is 0 Å². The molecule has 1 aromatic heterocycles. The zero-order valence-corrected chi connectivity index (χ0v) is 10.1. The third-order valence-corrected chi connectivity index (χ3v) is 2.75. The van der Waals surface area contributed by atoms with Gasteiger partial charge in [0.25, 0.3) is 0 Å². The molecule has 0 fully saturated rings. The van der Waals surface area contributed by atoms with E-state index in [0.29, 0.717) is 12.2 Å². The molecule has 0 aliphatic heterocycles. The van der Waals surface area contributed by atoms with Gasteiger partial charge in [-0.3, -0.25) is 0 Å². The first-order chi connectivity index (χ1) is 8.65.